The summed E-state index contributed by atoms with van der Waals surface area (Å²) >= 11 is 1.40. The van der Waals surface area contributed by atoms with Crippen molar-refractivity contribution in [2.24, 2.45) is 0 Å². The highest BCUT2D eigenvalue weighted by molar-refractivity contribution is 7.16. The zero-order valence-electron chi connectivity index (χ0n) is 13.7. The maximum absolute atomic E-state index is 12.7. The molecule has 1 amide bonds. The topological polar surface area (TPSA) is 51.7 Å². The molecule has 1 aromatic carbocycles. The van der Waals surface area contributed by atoms with E-state index in [0.717, 1.165) is 22.1 Å². The van der Waals surface area contributed by atoms with Crippen LogP contribution in [0.25, 0.3) is 10.6 Å². The van der Waals surface area contributed by atoms with Gasteiger partial charge in [0.15, 0.2) is 11.5 Å². The number of nitrogens with zero attached hydrogens (tertiary/aromatic N) is 2. The van der Waals surface area contributed by atoms with Gasteiger partial charge in [-0.15, -0.1) is 11.3 Å². The third-order valence-electron chi connectivity index (χ3n) is 3.68. The monoisotopic (exact) mass is 332 g/mol. The van der Waals surface area contributed by atoms with Crippen molar-refractivity contribution in [3.63, 3.8) is 0 Å². The minimum Gasteiger partial charge on any atom is -0.454 e. The van der Waals surface area contributed by atoms with Crippen molar-refractivity contribution in [1.82, 2.24) is 9.88 Å². The summed E-state index contributed by atoms with van der Waals surface area (Å²) in [5.74, 6) is 1.49. The largest absolute Gasteiger partial charge is 0.454 e. The van der Waals surface area contributed by atoms with E-state index in [2.05, 4.69) is 4.98 Å². The fraction of sp³-hybridized carbons (Fsp3) is 0.412. The Morgan fingerprint density at radius 3 is 2.57 bits per heavy atom. The number of amides is 1. The van der Waals surface area contributed by atoms with Gasteiger partial charge in [0.05, 0.1) is 6.20 Å². The molecule has 0 fully saturated rings. The van der Waals surface area contributed by atoms with Gasteiger partial charge < -0.3 is 14.4 Å². The molecule has 0 radical (unpaired) electrons. The minimum absolute atomic E-state index is 0.0273. The maximum atomic E-state index is 12.7. The van der Waals surface area contributed by atoms with Crippen LogP contribution in [0.4, 0.5) is 0 Å². The van der Waals surface area contributed by atoms with Gasteiger partial charge >= 0.3 is 0 Å². The van der Waals surface area contributed by atoms with E-state index in [1.165, 1.54) is 11.3 Å². The van der Waals surface area contributed by atoms with Crippen molar-refractivity contribution in [2.75, 3.05) is 6.79 Å². The molecule has 0 unspecified atom stereocenters. The number of rotatable bonds is 4. The molecular weight excluding hydrogens is 312 g/mol. The number of aromatic nitrogens is 1. The Bertz CT molecular complexity index is 716. The van der Waals surface area contributed by atoms with Crippen LogP contribution < -0.4 is 9.47 Å². The van der Waals surface area contributed by atoms with Crippen molar-refractivity contribution >= 4 is 17.2 Å². The Hall–Kier alpha value is -2.08. The van der Waals surface area contributed by atoms with Gasteiger partial charge in [0.2, 0.25) is 6.79 Å². The fourth-order valence-electron chi connectivity index (χ4n) is 2.73. The van der Waals surface area contributed by atoms with E-state index in [0.29, 0.717) is 4.88 Å². The Morgan fingerprint density at radius 1 is 1.17 bits per heavy atom. The number of carbonyl (C=O) groups is 1. The summed E-state index contributed by atoms with van der Waals surface area (Å²) in [6.45, 7) is 8.35. The van der Waals surface area contributed by atoms with Crippen LogP contribution in [0.2, 0.25) is 0 Å². The fourth-order valence-corrected chi connectivity index (χ4v) is 3.59. The van der Waals surface area contributed by atoms with Crippen LogP contribution in [-0.2, 0) is 0 Å². The summed E-state index contributed by atoms with van der Waals surface area (Å²) in [6, 6.07) is 6.01. The van der Waals surface area contributed by atoms with Crippen molar-refractivity contribution in [2.45, 2.75) is 39.8 Å². The molecule has 3 rings (SSSR count). The summed E-state index contributed by atoms with van der Waals surface area (Å²) in [5, 5.41) is 0.805. The second-order valence-electron chi connectivity index (χ2n) is 6.00. The first kappa shape index (κ1) is 15.8. The Kier molecular flexibility index (Phi) is 4.26. The number of carbonyl (C=O) groups excluding carboxylic acids is 1. The number of thiazole rings is 1. The summed E-state index contributed by atoms with van der Waals surface area (Å²) in [5.41, 5.74) is 0.930. The molecule has 0 atom stereocenters. The lowest BCUT2D eigenvalue weighted by molar-refractivity contribution is 0.0648. The van der Waals surface area contributed by atoms with Crippen molar-refractivity contribution < 1.29 is 14.3 Å². The highest BCUT2D eigenvalue weighted by atomic mass is 32.1. The van der Waals surface area contributed by atoms with E-state index in [1.807, 2.05) is 50.8 Å². The summed E-state index contributed by atoms with van der Waals surface area (Å²) < 4.78 is 10.7. The molecule has 1 aromatic heterocycles. The van der Waals surface area contributed by atoms with Crippen LogP contribution in [0.3, 0.4) is 0 Å². The molecule has 0 aliphatic carbocycles. The molecule has 0 N–H and O–H groups in total. The molecule has 6 heteroatoms. The standard InChI is InChI=1S/C17H20N2O3S/c1-10(2)19(11(3)4)17(20)15-8-18-16(23-15)12-5-6-13-14(7-12)22-9-21-13/h5-8,10-11H,9H2,1-4H3. The molecule has 1 aliphatic rings. The SMILES string of the molecule is CC(C)N(C(=O)c1cnc(-c2ccc3c(c2)OCO3)s1)C(C)C. The first-order valence-electron chi connectivity index (χ1n) is 7.66. The van der Waals surface area contributed by atoms with E-state index in [9.17, 15) is 4.79 Å². The van der Waals surface area contributed by atoms with E-state index < -0.39 is 0 Å². The van der Waals surface area contributed by atoms with Gasteiger partial charge in [0.25, 0.3) is 5.91 Å². The van der Waals surface area contributed by atoms with Gasteiger partial charge in [-0.2, -0.15) is 0 Å². The van der Waals surface area contributed by atoms with Gasteiger partial charge in [-0.25, -0.2) is 4.98 Å². The number of hydrogen-bond donors (Lipinski definition) is 0. The summed E-state index contributed by atoms with van der Waals surface area (Å²) in [6.07, 6.45) is 1.66. The summed E-state index contributed by atoms with van der Waals surface area (Å²) in [4.78, 5) is 19.6. The molecule has 2 heterocycles. The summed E-state index contributed by atoms with van der Waals surface area (Å²) in [7, 11) is 0. The second kappa shape index (κ2) is 6.20. The molecule has 1 aliphatic heterocycles. The molecule has 23 heavy (non-hydrogen) atoms. The van der Waals surface area contributed by atoms with Gasteiger partial charge in [-0.05, 0) is 45.9 Å². The third kappa shape index (κ3) is 3.03. The normalized spacial score (nSPS) is 13.0. The maximum Gasteiger partial charge on any atom is 0.266 e. The van der Waals surface area contributed by atoms with Gasteiger partial charge in [-0.3, -0.25) is 4.79 Å². The molecule has 0 saturated heterocycles. The average molecular weight is 332 g/mol. The van der Waals surface area contributed by atoms with Crippen LogP contribution >= 0.6 is 11.3 Å². The molecule has 2 aromatic rings. The zero-order valence-corrected chi connectivity index (χ0v) is 14.5. The van der Waals surface area contributed by atoms with Crippen LogP contribution in [-0.4, -0.2) is 34.7 Å². The molecule has 5 nitrogen and oxygen atoms in total. The molecule has 0 spiro atoms. The predicted octanol–water partition coefficient (Wildman–Crippen LogP) is 3.80. The number of hydrogen-bond acceptors (Lipinski definition) is 5. The minimum atomic E-state index is 0.0273. The van der Waals surface area contributed by atoms with Gasteiger partial charge in [-0.1, -0.05) is 0 Å². The van der Waals surface area contributed by atoms with Crippen molar-refractivity contribution in [1.29, 1.82) is 0 Å². The third-order valence-corrected chi connectivity index (χ3v) is 4.72. The van der Waals surface area contributed by atoms with E-state index in [4.69, 9.17) is 9.47 Å². The van der Waals surface area contributed by atoms with E-state index in [-0.39, 0.29) is 24.8 Å². The first-order chi connectivity index (χ1) is 11.0. The van der Waals surface area contributed by atoms with Crippen molar-refractivity contribution in [3.8, 4) is 22.1 Å². The van der Waals surface area contributed by atoms with Gasteiger partial charge in [0, 0.05) is 17.6 Å². The lowest BCUT2D eigenvalue weighted by Crippen LogP contribution is -2.41. The first-order valence-corrected chi connectivity index (χ1v) is 8.47. The predicted molar refractivity (Wildman–Crippen MR) is 90.1 cm³/mol. The Morgan fingerprint density at radius 2 is 1.87 bits per heavy atom. The lowest BCUT2D eigenvalue weighted by atomic mass is 10.2. The number of benzene rings is 1. The smallest absolute Gasteiger partial charge is 0.266 e. The van der Waals surface area contributed by atoms with E-state index in [1.54, 1.807) is 6.20 Å². The molecule has 0 bridgehead atoms. The van der Waals surface area contributed by atoms with E-state index >= 15 is 0 Å². The lowest BCUT2D eigenvalue weighted by Gasteiger charge is -2.30. The Balaban J connectivity index is 1.87. The van der Waals surface area contributed by atoms with Crippen LogP contribution in [0.5, 0.6) is 11.5 Å². The second-order valence-corrected chi connectivity index (χ2v) is 7.03. The Labute approximate surface area is 139 Å². The number of fused-ring (bicyclic) bond motifs is 1. The number of ether oxygens (including phenoxy) is 2. The highest BCUT2D eigenvalue weighted by Crippen LogP contribution is 2.37. The van der Waals surface area contributed by atoms with Gasteiger partial charge in [0.1, 0.15) is 9.88 Å². The molecule has 0 saturated carbocycles. The quantitative estimate of drug-likeness (QED) is 0.854. The van der Waals surface area contributed by atoms with Crippen LogP contribution in [0, 0.1) is 0 Å². The molecule has 122 valence electrons. The highest BCUT2D eigenvalue weighted by Gasteiger charge is 2.24. The average Bonchev–Trinajstić information content (AvgIpc) is 3.14. The van der Waals surface area contributed by atoms with Crippen LogP contribution in [0.15, 0.2) is 24.4 Å². The van der Waals surface area contributed by atoms with Crippen molar-refractivity contribution in [3.05, 3.63) is 29.3 Å². The van der Waals surface area contributed by atoms with Crippen LogP contribution in [0.1, 0.15) is 37.4 Å². The molecular formula is C17H20N2O3S. The zero-order chi connectivity index (χ0) is 16.6.